The summed E-state index contributed by atoms with van der Waals surface area (Å²) in [6.45, 7) is 0. The molecule has 0 radical (unpaired) electrons. The topological polar surface area (TPSA) is 96.7 Å². The van der Waals surface area contributed by atoms with Crippen LogP contribution in [0.2, 0.25) is 0 Å². The lowest BCUT2D eigenvalue weighted by atomic mass is 9.64. The predicted molar refractivity (Wildman–Crippen MR) is 557 cm³/mol. The number of anilines is 6. The molecule has 136 heavy (non-hydrogen) atoms. The van der Waals surface area contributed by atoms with Crippen LogP contribution < -0.4 is 9.80 Å². The zero-order chi connectivity index (χ0) is 89.5. The molecule has 0 amide bonds. The number of pyridine rings is 4. The zero-order valence-corrected chi connectivity index (χ0v) is 73.6. The molecule has 0 fully saturated rings. The molecule has 7 heterocycles. The van der Waals surface area contributed by atoms with Crippen molar-refractivity contribution in [3.8, 4) is 113 Å². The number of aromatic nitrogens is 7. The van der Waals surface area contributed by atoms with Crippen molar-refractivity contribution in [2.45, 2.75) is 10.8 Å². The van der Waals surface area contributed by atoms with Crippen LogP contribution in [0.25, 0.3) is 178 Å². The molecule has 24 aromatic rings. The van der Waals surface area contributed by atoms with Gasteiger partial charge in [0.1, 0.15) is 0 Å². The van der Waals surface area contributed by atoms with Gasteiger partial charge >= 0.3 is 0 Å². The summed E-state index contributed by atoms with van der Waals surface area (Å²) in [6, 6.07) is 172. The minimum Gasteiger partial charge on any atom is -0.310 e. The van der Waals surface area contributed by atoms with E-state index in [0.29, 0.717) is 17.5 Å². The molecule has 0 atom stereocenters. The minimum absolute atomic E-state index is 0.626. The SMILES string of the molecule is c1ccc(-c2ccc3ccc4ccc(-c5ccc6c(c5)N(c5ccccc5)c5cc7c(-c8ccccc8)nc8ccccc8c7cc5C65c6ccccc6-c6ccccc65)nc4c3n2)cc1.c1ccc(-c2nc(-c3ccccc3)nc(-c3ccc(-c4ccc5c(c4)N(c4ccccc4)c4cc6c(-c7ccccc7)nc7ccccc7c6cc4C54c5ccccc5-c5ccccc54)cc3)n2)cc1. The van der Waals surface area contributed by atoms with Crippen molar-refractivity contribution < 1.29 is 0 Å². The molecule has 5 aromatic heterocycles. The van der Waals surface area contributed by atoms with Crippen molar-refractivity contribution >= 4 is 99.3 Å². The highest BCUT2D eigenvalue weighted by Crippen LogP contribution is 2.67. The van der Waals surface area contributed by atoms with Crippen molar-refractivity contribution in [1.29, 1.82) is 0 Å². The Morgan fingerprint density at radius 1 is 0.169 bits per heavy atom. The van der Waals surface area contributed by atoms with Crippen molar-refractivity contribution in [3.05, 3.63) is 524 Å². The van der Waals surface area contributed by atoms with Gasteiger partial charge < -0.3 is 9.80 Å². The summed E-state index contributed by atoms with van der Waals surface area (Å²) in [5, 5.41) is 8.98. The van der Waals surface area contributed by atoms with E-state index >= 15 is 0 Å². The van der Waals surface area contributed by atoms with Gasteiger partial charge in [-0.2, -0.15) is 0 Å². The maximum atomic E-state index is 5.49. The first-order valence-electron chi connectivity index (χ1n) is 46.4. The Morgan fingerprint density at radius 2 is 0.471 bits per heavy atom. The van der Waals surface area contributed by atoms with Crippen LogP contribution in [0, 0.1) is 0 Å². The Hall–Kier alpha value is -18.1. The molecule has 0 unspecified atom stereocenters. The second-order valence-electron chi connectivity index (χ2n) is 35.6. The van der Waals surface area contributed by atoms with Gasteiger partial charge in [-0.15, -0.1) is 0 Å². The van der Waals surface area contributed by atoms with E-state index in [1.807, 2.05) is 66.7 Å². The lowest BCUT2D eigenvalue weighted by Crippen LogP contribution is -2.36. The summed E-state index contributed by atoms with van der Waals surface area (Å²) < 4.78 is 0. The largest absolute Gasteiger partial charge is 0.310 e. The number of hydrogen-bond acceptors (Lipinski definition) is 9. The highest BCUT2D eigenvalue weighted by Gasteiger charge is 2.54. The third kappa shape index (κ3) is 12.2. The molecule has 2 spiro atoms. The molecule has 9 nitrogen and oxygen atoms in total. The molecule has 0 bridgehead atoms. The minimum atomic E-state index is -0.641. The lowest BCUT2D eigenvalue weighted by molar-refractivity contribution is 0.754. The van der Waals surface area contributed by atoms with Gasteiger partial charge in [0.05, 0.1) is 78.4 Å². The van der Waals surface area contributed by atoms with Crippen LogP contribution in [0.1, 0.15) is 44.5 Å². The number of rotatable bonds is 10. The first-order chi connectivity index (χ1) is 67.4. The molecule has 19 aromatic carbocycles. The fraction of sp³-hybridized carbons (Fsp3) is 0.0157. The molecule has 2 aliphatic heterocycles. The van der Waals surface area contributed by atoms with Crippen LogP contribution in [0.5, 0.6) is 0 Å². The standard InChI is InChI=1S/C65H41N5.C62H38N4/c1-5-19-43(20-6-1)61-53-41-60-57(40-52(53)51-29-15-18-32-58(51)66-61)65(54-30-16-13-27-49(54)50-28-14-17-31-55(50)65)56-38-37-47(39-59(56)70(60)48-25-11-4-12-26-48)42-33-35-46(36-34-42)64-68-62(44-21-7-2-8-22-44)67-63(69-64)45-23-9-3-10-24-45;1-4-16-39(17-5-1)54-34-31-41-28-29-42-32-35-55(64-61(42)60(41)63-54)43-30-33-52-57(36-43)66(44-20-8-3-9-21-44)58-38-49-48(47-24-12-15-27-56(47)65-59(49)40-18-6-2-7-19-40)37-53(58)62(52)50-25-13-10-22-45(50)46-23-11-14-26-51(46)62/h1-41H;1-38H. The highest BCUT2D eigenvalue weighted by atomic mass is 15.2. The van der Waals surface area contributed by atoms with E-state index in [2.05, 4.69) is 422 Å². The number of nitrogens with zero attached hydrogens (tertiary/aromatic N) is 9. The molecular formula is C127H79N9. The van der Waals surface area contributed by atoms with E-state index in [-0.39, 0.29) is 0 Å². The second kappa shape index (κ2) is 31.4. The summed E-state index contributed by atoms with van der Waals surface area (Å²) in [7, 11) is 0. The molecule has 0 saturated carbocycles. The first kappa shape index (κ1) is 77.9. The Morgan fingerprint density at radius 3 is 0.882 bits per heavy atom. The van der Waals surface area contributed by atoms with E-state index in [4.69, 9.17) is 34.9 Å². The Bertz CT molecular complexity index is 8820. The Kier molecular flexibility index (Phi) is 17.9. The number of para-hydroxylation sites is 4. The number of hydrogen-bond donors (Lipinski definition) is 0. The zero-order valence-electron chi connectivity index (χ0n) is 73.6. The van der Waals surface area contributed by atoms with Crippen LogP contribution >= 0.6 is 0 Å². The lowest BCUT2D eigenvalue weighted by Gasteiger charge is -2.45. The molecule has 28 rings (SSSR count). The van der Waals surface area contributed by atoms with Gasteiger partial charge in [0.2, 0.25) is 0 Å². The summed E-state index contributed by atoms with van der Waals surface area (Å²) in [5.41, 5.74) is 37.3. The van der Waals surface area contributed by atoms with E-state index in [1.165, 1.54) is 77.5 Å². The third-order valence-corrected chi connectivity index (χ3v) is 28.3. The fourth-order valence-electron chi connectivity index (χ4n) is 22.3. The van der Waals surface area contributed by atoms with Gasteiger partial charge in [-0.05, 0) is 174 Å². The molecule has 2 aliphatic carbocycles. The normalized spacial score (nSPS) is 13.1. The Labute approximate surface area is 785 Å². The molecule has 0 saturated heterocycles. The van der Waals surface area contributed by atoms with Gasteiger partial charge in [0, 0.05) is 82.6 Å². The number of fused-ring (bicyclic) bond motifs is 27. The van der Waals surface area contributed by atoms with E-state index in [0.717, 1.165) is 161 Å². The predicted octanol–water partition coefficient (Wildman–Crippen LogP) is 31.7. The maximum absolute atomic E-state index is 5.49. The van der Waals surface area contributed by atoms with Crippen LogP contribution in [-0.2, 0) is 10.8 Å². The summed E-state index contributed by atoms with van der Waals surface area (Å²) >= 11 is 0. The van der Waals surface area contributed by atoms with E-state index < -0.39 is 10.8 Å². The maximum Gasteiger partial charge on any atom is 0.164 e. The van der Waals surface area contributed by atoms with Crippen molar-refractivity contribution in [1.82, 2.24) is 34.9 Å². The molecule has 0 N–H and O–H groups in total. The smallest absolute Gasteiger partial charge is 0.164 e. The number of benzene rings is 19. The van der Waals surface area contributed by atoms with Crippen molar-refractivity contribution in [2.24, 2.45) is 0 Å². The van der Waals surface area contributed by atoms with Crippen LogP contribution in [-0.4, -0.2) is 34.9 Å². The van der Waals surface area contributed by atoms with Crippen LogP contribution in [0.4, 0.5) is 34.1 Å². The monoisotopic (exact) mass is 1730 g/mol. The van der Waals surface area contributed by atoms with Gasteiger partial charge in [0.25, 0.3) is 0 Å². The van der Waals surface area contributed by atoms with Crippen molar-refractivity contribution in [2.75, 3.05) is 9.80 Å². The summed E-state index contributed by atoms with van der Waals surface area (Å²) in [5.74, 6) is 1.91. The van der Waals surface area contributed by atoms with Crippen LogP contribution in [0.3, 0.4) is 0 Å². The fourth-order valence-corrected chi connectivity index (χ4v) is 22.3. The highest BCUT2D eigenvalue weighted by molar-refractivity contribution is 6.17. The van der Waals surface area contributed by atoms with E-state index in [1.54, 1.807) is 0 Å². The van der Waals surface area contributed by atoms with Crippen molar-refractivity contribution in [3.63, 3.8) is 0 Å². The third-order valence-electron chi connectivity index (χ3n) is 28.3. The van der Waals surface area contributed by atoms with Gasteiger partial charge in [-0.3, -0.25) is 0 Å². The van der Waals surface area contributed by atoms with E-state index in [9.17, 15) is 0 Å². The average molecular weight is 1730 g/mol. The van der Waals surface area contributed by atoms with Crippen LogP contribution in [0.15, 0.2) is 479 Å². The molecule has 4 aliphatic rings. The van der Waals surface area contributed by atoms with Gasteiger partial charge in [0.15, 0.2) is 17.5 Å². The van der Waals surface area contributed by atoms with Gasteiger partial charge in [-0.25, -0.2) is 34.9 Å². The quantitative estimate of drug-likeness (QED) is 0.124. The average Bonchev–Trinajstić information content (AvgIpc) is 1.41. The first-order valence-corrected chi connectivity index (χ1v) is 46.4. The summed E-state index contributed by atoms with van der Waals surface area (Å²) in [4.78, 5) is 41.5. The molecule has 9 heteroatoms. The summed E-state index contributed by atoms with van der Waals surface area (Å²) in [6.07, 6.45) is 0. The molecular weight excluding hydrogens is 1650 g/mol. The van der Waals surface area contributed by atoms with Gasteiger partial charge in [-0.1, -0.05) is 394 Å². The molecule has 632 valence electrons. The second-order valence-corrected chi connectivity index (χ2v) is 35.6. The Balaban J connectivity index is 0.000000138.